The molecule has 0 atom stereocenters. The first-order chi connectivity index (χ1) is 20.4. The maximum Gasteiger partial charge on any atom is 0.335 e. The Kier molecular flexibility index (Phi) is 11.7. The molecule has 222 valence electrons. The molecular formula is C33H37NO7S. The number of aromatic carboxylic acids is 1. The van der Waals surface area contributed by atoms with E-state index < -0.39 is 17.9 Å². The average molecular weight is 592 g/mol. The number of unbranched alkanes of at least 4 members (excludes halogenated alkanes) is 1. The summed E-state index contributed by atoms with van der Waals surface area (Å²) >= 11 is 1.86. The molecule has 3 aromatic rings. The van der Waals surface area contributed by atoms with Crippen LogP contribution in [0.2, 0.25) is 0 Å². The molecule has 0 radical (unpaired) electrons. The zero-order valence-electron chi connectivity index (χ0n) is 23.6. The Bertz CT molecular complexity index is 1320. The van der Waals surface area contributed by atoms with Gasteiger partial charge in [0.2, 0.25) is 0 Å². The lowest BCUT2D eigenvalue weighted by atomic mass is 9.96. The van der Waals surface area contributed by atoms with Gasteiger partial charge in [0.25, 0.3) is 5.91 Å². The lowest BCUT2D eigenvalue weighted by molar-refractivity contribution is -0.143. The molecule has 2 N–H and O–H groups in total. The molecule has 0 spiro atoms. The second-order valence-corrected chi connectivity index (χ2v) is 11.4. The minimum Gasteiger partial charge on any atom is -0.494 e. The van der Waals surface area contributed by atoms with Gasteiger partial charge < -0.3 is 24.6 Å². The van der Waals surface area contributed by atoms with E-state index in [-0.39, 0.29) is 17.0 Å². The van der Waals surface area contributed by atoms with E-state index in [0.29, 0.717) is 51.3 Å². The minimum absolute atomic E-state index is 0.000459. The highest BCUT2D eigenvalue weighted by Gasteiger charge is 2.29. The number of hydrogen-bond acceptors (Lipinski definition) is 6. The van der Waals surface area contributed by atoms with Crippen molar-refractivity contribution in [3.8, 4) is 11.5 Å². The second-order valence-electron chi connectivity index (χ2n) is 10.2. The fraction of sp³-hybridized carbons (Fsp3) is 0.364. The molecule has 1 amide bonds. The molecule has 0 saturated carbocycles. The van der Waals surface area contributed by atoms with Gasteiger partial charge in [0.15, 0.2) is 0 Å². The van der Waals surface area contributed by atoms with E-state index in [0.717, 1.165) is 36.3 Å². The molecule has 1 heterocycles. The van der Waals surface area contributed by atoms with Gasteiger partial charge in [-0.2, -0.15) is 0 Å². The second kappa shape index (κ2) is 15.9. The molecular weight excluding hydrogens is 554 g/mol. The largest absolute Gasteiger partial charge is 0.494 e. The number of carboxylic acid groups (broad SMARTS) is 2. The minimum atomic E-state index is -1.13. The van der Waals surface area contributed by atoms with Crippen LogP contribution in [0.25, 0.3) is 0 Å². The van der Waals surface area contributed by atoms with Gasteiger partial charge in [-0.25, -0.2) is 4.79 Å². The van der Waals surface area contributed by atoms with Gasteiger partial charge in [-0.05, 0) is 92.3 Å². The highest BCUT2D eigenvalue weighted by molar-refractivity contribution is 7.99. The number of carboxylic acids is 2. The first-order valence-corrected chi connectivity index (χ1v) is 15.3. The molecule has 42 heavy (non-hydrogen) atoms. The maximum atomic E-state index is 13.2. The molecule has 1 saturated heterocycles. The molecule has 3 aromatic carbocycles. The van der Waals surface area contributed by atoms with Crippen LogP contribution in [0.1, 0.15) is 58.4 Å². The summed E-state index contributed by atoms with van der Waals surface area (Å²) in [6.45, 7) is 1.65. The van der Waals surface area contributed by atoms with E-state index in [9.17, 15) is 24.6 Å². The van der Waals surface area contributed by atoms with Crippen LogP contribution in [-0.2, 0) is 11.2 Å². The summed E-state index contributed by atoms with van der Waals surface area (Å²) in [5, 5.41) is 18.7. The van der Waals surface area contributed by atoms with Crippen LogP contribution in [0, 0.1) is 5.92 Å². The molecule has 0 aromatic heterocycles. The Balaban J connectivity index is 1.20. The van der Waals surface area contributed by atoms with Crippen LogP contribution in [0.3, 0.4) is 0 Å². The number of carbonyl (C=O) groups is 3. The van der Waals surface area contributed by atoms with Crippen molar-refractivity contribution >= 4 is 29.6 Å². The van der Waals surface area contributed by atoms with Crippen LogP contribution >= 0.6 is 11.8 Å². The summed E-state index contributed by atoms with van der Waals surface area (Å²) < 4.78 is 11.8. The standard InChI is InChI=1S/C33H37NO7S/c35-31(34-18-16-25(17-19-34)32(36)37)29-23-26(33(38)39)12-15-30(29)41-21-6-7-24-10-13-27(14-11-24)40-20-4-5-22-42-28-8-2-1-3-9-28/h1-3,8-15,23,25H,4-7,16-22H2,(H,36,37)(H,38,39). The first-order valence-electron chi connectivity index (χ1n) is 14.3. The van der Waals surface area contributed by atoms with E-state index in [1.165, 1.54) is 23.1 Å². The number of aryl methyl sites for hydroxylation is 1. The molecule has 9 heteroatoms. The Morgan fingerprint density at radius 2 is 1.55 bits per heavy atom. The monoisotopic (exact) mass is 591 g/mol. The first kappa shape index (κ1) is 31.0. The third-order valence-electron chi connectivity index (χ3n) is 7.20. The van der Waals surface area contributed by atoms with Gasteiger partial charge >= 0.3 is 11.9 Å². The highest BCUT2D eigenvalue weighted by atomic mass is 32.2. The quantitative estimate of drug-likeness (QED) is 0.157. The number of nitrogens with zero attached hydrogens (tertiary/aromatic N) is 1. The van der Waals surface area contributed by atoms with Crippen molar-refractivity contribution in [2.24, 2.45) is 5.92 Å². The number of rotatable bonds is 15. The third kappa shape index (κ3) is 9.27. The number of likely N-dealkylation sites (tertiary alicyclic amines) is 1. The number of ether oxygens (including phenoxy) is 2. The fourth-order valence-electron chi connectivity index (χ4n) is 4.77. The van der Waals surface area contributed by atoms with E-state index in [1.54, 1.807) is 4.90 Å². The Labute approximate surface area is 250 Å². The van der Waals surface area contributed by atoms with Crippen molar-refractivity contribution in [1.82, 2.24) is 4.90 Å². The molecule has 0 bridgehead atoms. The third-order valence-corrected chi connectivity index (χ3v) is 8.30. The number of piperidine rings is 1. The summed E-state index contributed by atoms with van der Waals surface area (Å²) in [5.41, 5.74) is 1.33. The van der Waals surface area contributed by atoms with Gasteiger partial charge in [0.05, 0.1) is 30.3 Å². The van der Waals surface area contributed by atoms with E-state index >= 15 is 0 Å². The smallest absolute Gasteiger partial charge is 0.335 e. The molecule has 1 aliphatic rings. The van der Waals surface area contributed by atoms with Crippen LogP contribution in [-0.4, -0.2) is 65.0 Å². The number of aliphatic carboxylic acids is 1. The summed E-state index contributed by atoms with van der Waals surface area (Å²) in [6.07, 6.45) is 4.31. The zero-order chi connectivity index (χ0) is 29.7. The number of carbonyl (C=O) groups excluding carboxylic acids is 1. The number of benzene rings is 3. The maximum absolute atomic E-state index is 13.2. The number of hydrogen-bond donors (Lipinski definition) is 2. The Morgan fingerprint density at radius 1 is 0.833 bits per heavy atom. The molecule has 0 aliphatic carbocycles. The van der Waals surface area contributed by atoms with Crippen LogP contribution in [0.15, 0.2) is 77.7 Å². The van der Waals surface area contributed by atoms with Crippen LogP contribution < -0.4 is 9.47 Å². The van der Waals surface area contributed by atoms with Crippen LogP contribution in [0.4, 0.5) is 0 Å². The Morgan fingerprint density at radius 3 is 2.24 bits per heavy atom. The predicted octanol–water partition coefficient (Wildman–Crippen LogP) is 6.28. The highest BCUT2D eigenvalue weighted by Crippen LogP contribution is 2.26. The van der Waals surface area contributed by atoms with Crippen molar-refractivity contribution in [1.29, 1.82) is 0 Å². The summed E-state index contributed by atoms with van der Waals surface area (Å²) in [7, 11) is 0. The molecule has 1 fully saturated rings. The van der Waals surface area contributed by atoms with Crippen LogP contribution in [0.5, 0.6) is 11.5 Å². The predicted molar refractivity (Wildman–Crippen MR) is 162 cm³/mol. The van der Waals surface area contributed by atoms with Gasteiger partial charge in [-0.15, -0.1) is 11.8 Å². The SMILES string of the molecule is O=C(O)c1ccc(OCCCc2ccc(OCCCCSc3ccccc3)cc2)c(C(=O)N2CCC(C(=O)O)CC2)c1. The van der Waals surface area contributed by atoms with E-state index in [4.69, 9.17) is 9.47 Å². The summed E-state index contributed by atoms with van der Waals surface area (Å²) in [6, 6.07) is 22.7. The molecule has 0 unspecified atom stereocenters. The van der Waals surface area contributed by atoms with E-state index in [2.05, 4.69) is 24.3 Å². The fourth-order valence-corrected chi connectivity index (χ4v) is 5.70. The van der Waals surface area contributed by atoms with Crippen molar-refractivity contribution in [2.75, 3.05) is 32.1 Å². The number of amides is 1. The summed E-state index contributed by atoms with van der Waals surface area (Å²) in [5.74, 6) is -0.553. The zero-order valence-corrected chi connectivity index (χ0v) is 24.4. The number of thioether (sulfide) groups is 1. The topological polar surface area (TPSA) is 113 Å². The van der Waals surface area contributed by atoms with Crippen molar-refractivity contribution in [3.63, 3.8) is 0 Å². The lowest BCUT2D eigenvalue weighted by Gasteiger charge is -2.30. The van der Waals surface area contributed by atoms with Gasteiger partial charge in [0, 0.05) is 18.0 Å². The normalized spacial score (nSPS) is 13.5. The van der Waals surface area contributed by atoms with Gasteiger partial charge in [-0.1, -0.05) is 30.3 Å². The molecule has 1 aliphatic heterocycles. The van der Waals surface area contributed by atoms with E-state index in [1.807, 2.05) is 42.1 Å². The van der Waals surface area contributed by atoms with Gasteiger partial charge in [-0.3, -0.25) is 9.59 Å². The van der Waals surface area contributed by atoms with Gasteiger partial charge in [0.1, 0.15) is 11.5 Å². The van der Waals surface area contributed by atoms with Crippen molar-refractivity contribution in [2.45, 2.75) is 43.4 Å². The average Bonchev–Trinajstić information content (AvgIpc) is 3.01. The Hall–Kier alpha value is -3.98. The van der Waals surface area contributed by atoms with Crippen molar-refractivity contribution in [3.05, 3.63) is 89.5 Å². The molecule has 8 nitrogen and oxygen atoms in total. The van der Waals surface area contributed by atoms with Crippen molar-refractivity contribution < 1.29 is 34.1 Å². The lowest BCUT2D eigenvalue weighted by Crippen LogP contribution is -2.40. The molecule has 4 rings (SSSR count). The summed E-state index contributed by atoms with van der Waals surface area (Å²) in [4.78, 5) is 38.9.